The molecule has 3 rings (SSSR count). The number of nitrogens with one attached hydrogen (secondary N) is 1. The third-order valence-corrected chi connectivity index (χ3v) is 7.66. The van der Waals surface area contributed by atoms with Crippen molar-refractivity contribution in [2.24, 2.45) is 5.92 Å². The number of aromatic nitrogens is 2. The first-order valence-corrected chi connectivity index (χ1v) is 14.3. The average molecular weight is 507 g/mol. The summed E-state index contributed by atoms with van der Waals surface area (Å²) < 4.78 is 42.9. The molecule has 1 aromatic heterocycles. The summed E-state index contributed by atoms with van der Waals surface area (Å²) in [6.07, 6.45) is 8.28. The summed E-state index contributed by atoms with van der Waals surface area (Å²) in [6, 6.07) is 4.99. The Kier molecular flexibility index (Phi) is 9.46. The van der Waals surface area contributed by atoms with E-state index in [9.17, 15) is 13.2 Å². The van der Waals surface area contributed by atoms with Gasteiger partial charge in [-0.3, -0.25) is 9.52 Å². The van der Waals surface area contributed by atoms with Gasteiger partial charge in [0, 0.05) is 19.2 Å². The number of likely N-dealkylation sites (tertiary alicyclic amines) is 1. The Bertz CT molecular complexity index is 1090. The van der Waals surface area contributed by atoms with Crippen molar-refractivity contribution in [1.82, 2.24) is 13.6 Å². The lowest BCUT2D eigenvalue weighted by molar-refractivity contribution is 0.0725. The van der Waals surface area contributed by atoms with E-state index in [0.29, 0.717) is 31.0 Å². The number of hydrogen-bond acceptors (Lipinski definition) is 7. The second-order valence-corrected chi connectivity index (χ2v) is 10.9. The number of carbonyl (C=O) groups is 1. The highest BCUT2D eigenvalue weighted by Crippen LogP contribution is 2.27. The van der Waals surface area contributed by atoms with E-state index < -0.39 is 10.0 Å². The van der Waals surface area contributed by atoms with Crippen molar-refractivity contribution in [3.05, 3.63) is 41.2 Å². The van der Waals surface area contributed by atoms with Crippen LogP contribution in [-0.2, 0) is 16.4 Å². The average Bonchev–Trinajstić information content (AvgIpc) is 3.29. The molecule has 0 radical (unpaired) electrons. The predicted molar refractivity (Wildman–Crippen MR) is 137 cm³/mol. The van der Waals surface area contributed by atoms with Crippen LogP contribution in [0.1, 0.15) is 68.2 Å². The van der Waals surface area contributed by atoms with Gasteiger partial charge in [-0.2, -0.15) is 8.75 Å². The molecule has 1 saturated heterocycles. The van der Waals surface area contributed by atoms with Crippen LogP contribution in [0.3, 0.4) is 0 Å². The minimum atomic E-state index is -3.73. The lowest BCUT2D eigenvalue weighted by Crippen LogP contribution is -2.36. The number of rotatable bonds is 11. The van der Waals surface area contributed by atoms with Gasteiger partial charge in [0.15, 0.2) is 0 Å². The zero-order valence-electron chi connectivity index (χ0n) is 20.1. The SMILES string of the molecule is CCCOc1ccc(C(=O)N2CCCCC2)c(NS(=O)(=O)C[C@H](C)/C=C\c2nsnc2CC)c1. The Morgan fingerprint density at radius 2 is 2.00 bits per heavy atom. The highest BCUT2D eigenvalue weighted by molar-refractivity contribution is 7.92. The van der Waals surface area contributed by atoms with Gasteiger partial charge >= 0.3 is 0 Å². The van der Waals surface area contributed by atoms with Gasteiger partial charge < -0.3 is 9.64 Å². The molecule has 0 unspecified atom stereocenters. The molecule has 1 atom stereocenters. The Hall–Kier alpha value is -2.46. The summed E-state index contributed by atoms with van der Waals surface area (Å²) in [4.78, 5) is 15.0. The van der Waals surface area contributed by atoms with E-state index in [2.05, 4.69) is 13.5 Å². The van der Waals surface area contributed by atoms with Crippen molar-refractivity contribution in [3.63, 3.8) is 0 Å². The van der Waals surface area contributed by atoms with Crippen LogP contribution in [0.5, 0.6) is 5.75 Å². The number of amides is 1. The number of nitrogens with zero attached hydrogens (tertiary/aromatic N) is 3. The van der Waals surface area contributed by atoms with Crippen molar-refractivity contribution in [2.45, 2.75) is 52.9 Å². The summed E-state index contributed by atoms with van der Waals surface area (Å²) in [5, 5.41) is 0. The second kappa shape index (κ2) is 12.3. The van der Waals surface area contributed by atoms with Crippen LogP contribution >= 0.6 is 11.7 Å². The van der Waals surface area contributed by atoms with Crippen molar-refractivity contribution in [3.8, 4) is 5.75 Å². The summed E-state index contributed by atoms with van der Waals surface area (Å²) >= 11 is 1.15. The zero-order valence-corrected chi connectivity index (χ0v) is 21.8. The maximum absolute atomic E-state index is 13.2. The molecule has 1 N–H and O–H groups in total. The highest BCUT2D eigenvalue weighted by Gasteiger charge is 2.24. The maximum atomic E-state index is 13.2. The molecule has 0 saturated carbocycles. The van der Waals surface area contributed by atoms with Gasteiger partial charge in [0.1, 0.15) is 5.75 Å². The lowest BCUT2D eigenvalue weighted by Gasteiger charge is -2.27. The first-order chi connectivity index (χ1) is 16.3. The zero-order chi connectivity index (χ0) is 24.6. The summed E-state index contributed by atoms with van der Waals surface area (Å²) in [5.74, 6) is -0.00841. The molecular formula is C24H34N4O4S2. The van der Waals surface area contributed by atoms with E-state index in [1.807, 2.05) is 32.9 Å². The fourth-order valence-electron chi connectivity index (χ4n) is 3.82. The number of anilines is 1. The van der Waals surface area contributed by atoms with Crippen LogP contribution in [-0.4, -0.2) is 53.4 Å². The maximum Gasteiger partial charge on any atom is 0.255 e. The fraction of sp³-hybridized carbons (Fsp3) is 0.542. The van der Waals surface area contributed by atoms with Crippen molar-refractivity contribution < 1.29 is 17.9 Å². The van der Waals surface area contributed by atoms with Gasteiger partial charge in [-0.25, -0.2) is 8.42 Å². The van der Waals surface area contributed by atoms with E-state index in [1.54, 1.807) is 23.1 Å². The number of aryl methyl sites for hydroxylation is 1. The van der Waals surface area contributed by atoms with E-state index in [1.165, 1.54) is 0 Å². The van der Waals surface area contributed by atoms with Crippen molar-refractivity contribution in [1.29, 1.82) is 0 Å². The first-order valence-electron chi connectivity index (χ1n) is 11.9. The van der Waals surface area contributed by atoms with Crippen LogP contribution in [0.15, 0.2) is 24.3 Å². The third-order valence-electron chi connectivity index (χ3n) is 5.59. The van der Waals surface area contributed by atoms with Gasteiger partial charge in [-0.15, -0.1) is 0 Å². The molecule has 34 heavy (non-hydrogen) atoms. The Labute approximate surface area is 206 Å². The molecule has 0 bridgehead atoms. The molecule has 1 aliphatic heterocycles. The summed E-state index contributed by atoms with van der Waals surface area (Å²) in [5.41, 5.74) is 2.29. The van der Waals surface area contributed by atoms with Crippen molar-refractivity contribution >= 4 is 39.4 Å². The normalized spacial score (nSPS) is 15.4. The van der Waals surface area contributed by atoms with Gasteiger partial charge in [-0.05, 0) is 56.2 Å². The standard InChI is InChI=1S/C24H34N4O4S2/c1-4-15-32-19-10-11-20(24(29)28-13-7-6-8-14-28)23(16-19)27-34(30,31)17-18(3)9-12-22-21(5-2)25-33-26-22/h9-12,16,18,27H,4-8,13-15,17H2,1-3H3/b12-9-/t18-/m1/s1. The molecular weight excluding hydrogens is 472 g/mol. The van der Waals surface area contributed by atoms with E-state index in [4.69, 9.17) is 4.74 Å². The number of benzene rings is 1. The van der Waals surface area contributed by atoms with Crippen LogP contribution < -0.4 is 9.46 Å². The van der Waals surface area contributed by atoms with Crippen molar-refractivity contribution in [2.75, 3.05) is 30.2 Å². The van der Waals surface area contributed by atoms with Crippen LogP contribution in [0.4, 0.5) is 5.69 Å². The molecule has 1 amide bonds. The highest BCUT2D eigenvalue weighted by atomic mass is 32.2. The molecule has 2 aromatic rings. The number of piperidine rings is 1. The number of allylic oxidation sites excluding steroid dienone is 1. The molecule has 186 valence electrons. The second-order valence-electron chi connectivity index (χ2n) is 8.58. The quantitative estimate of drug-likeness (QED) is 0.478. The smallest absolute Gasteiger partial charge is 0.255 e. The van der Waals surface area contributed by atoms with Gasteiger partial charge in [0.25, 0.3) is 5.91 Å². The minimum absolute atomic E-state index is 0.125. The molecule has 1 fully saturated rings. The molecule has 1 aromatic carbocycles. The Balaban J connectivity index is 1.78. The topological polar surface area (TPSA) is 101 Å². The largest absolute Gasteiger partial charge is 0.494 e. The lowest BCUT2D eigenvalue weighted by atomic mass is 10.1. The van der Waals surface area contributed by atoms with Crippen LogP contribution in [0, 0.1) is 5.92 Å². The van der Waals surface area contributed by atoms with E-state index in [0.717, 1.165) is 55.2 Å². The predicted octanol–water partition coefficient (Wildman–Crippen LogP) is 4.61. The first kappa shape index (κ1) is 26.2. The van der Waals surface area contributed by atoms with E-state index >= 15 is 0 Å². The molecule has 8 nitrogen and oxygen atoms in total. The minimum Gasteiger partial charge on any atom is -0.494 e. The van der Waals surface area contributed by atoms with E-state index in [-0.39, 0.29) is 23.3 Å². The number of carbonyl (C=O) groups excluding carboxylic acids is 1. The molecule has 2 heterocycles. The number of ether oxygens (including phenoxy) is 1. The Morgan fingerprint density at radius 3 is 2.71 bits per heavy atom. The monoisotopic (exact) mass is 506 g/mol. The molecule has 0 aliphatic carbocycles. The number of sulfonamides is 1. The summed E-state index contributed by atoms with van der Waals surface area (Å²) in [6.45, 7) is 7.73. The fourth-order valence-corrected chi connectivity index (χ4v) is 5.83. The Morgan fingerprint density at radius 1 is 1.24 bits per heavy atom. The van der Waals surface area contributed by atoms with Crippen LogP contribution in [0.2, 0.25) is 0 Å². The third kappa shape index (κ3) is 7.27. The van der Waals surface area contributed by atoms with Gasteiger partial charge in [0.05, 0.1) is 46.7 Å². The van der Waals surface area contributed by atoms with Gasteiger partial charge in [-0.1, -0.05) is 26.8 Å². The molecule has 0 spiro atoms. The molecule has 1 aliphatic rings. The molecule has 10 heteroatoms. The van der Waals surface area contributed by atoms with Crippen LogP contribution in [0.25, 0.3) is 6.08 Å². The summed E-state index contributed by atoms with van der Waals surface area (Å²) in [7, 11) is -3.73. The van der Waals surface area contributed by atoms with Gasteiger partial charge in [0.2, 0.25) is 10.0 Å². The number of hydrogen-bond donors (Lipinski definition) is 1.